The van der Waals surface area contributed by atoms with Crippen molar-refractivity contribution in [2.75, 3.05) is 12.9 Å². The Hall–Kier alpha value is -0.683. The fourth-order valence-corrected chi connectivity index (χ4v) is 4.87. The average molecular weight is 272 g/mol. The molecule has 1 aromatic rings. The molecule has 1 rings (SSSR count). The molecule has 3 nitrogen and oxygen atoms in total. The zero-order chi connectivity index (χ0) is 12.9. The summed E-state index contributed by atoms with van der Waals surface area (Å²) in [7, 11) is 0.422. The van der Waals surface area contributed by atoms with Crippen molar-refractivity contribution in [2.45, 2.75) is 31.4 Å². The summed E-state index contributed by atoms with van der Waals surface area (Å²) in [5.74, 6) is 2.26. The monoisotopic (exact) mass is 272 g/mol. The smallest absolute Gasteiger partial charge is 0.341 e. The van der Waals surface area contributed by atoms with Gasteiger partial charge in [0.15, 0.2) is 0 Å². The maximum Gasteiger partial charge on any atom is 0.341 e. The highest BCUT2D eigenvalue weighted by Gasteiger charge is 2.16. The summed E-state index contributed by atoms with van der Waals surface area (Å²) >= 11 is 1.81. The van der Waals surface area contributed by atoms with Crippen LogP contribution in [0.15, 0.2) is 16.7 Å². The Labute approximate surface area is 108 Å². The van der Waals surface area contributed by atoms with E-state index in [0.29, 0.717) is 5.56 Å². The Morgan fingerprint density at radius 3 is 2.76 bits per heavy atom. The Balaban J connectivity index is 2.42. The summed E-state index contributed by atoms with van der Waals surface area (Å²) in [6, 6.07) is 2.95. The van der Waals surface area contributed by atoms with Crippen LogP contribution < -0.4 is 0 Å². The molecular formula is C12H20O3SSi. The topological polar surface area (TPSA) is 39.4 Å². The van der Waals surface area contributed by atoms with Crippen LogP contribution in [0.25, 0.3) is 0 Å². The molecule has 0 aliphatic carbocycles. The van der Waals surface area contributed by atoms with Gasteiger partial charge in [-0.25, -0.2) is 4.79 Å². The van der Waals surface area contributed by atoms with E-state index in [1.165, 1.54) is 13.2 Å². The van der Waals surface area contributed by atoms with E-state index in [1.807, 2.05) is 11.8 Å². The van der Waals surface area contributed by atoms with Gasteiger partial charge in [-0.1, -0.05) is 19.6 Å². The van der Waals surface area contributed by atoms with Crippen LogP contribution in [0.2, 0.25) is 25.7 Å². The molecule has 5 heteroatoms. The number of esters is 1. The normalized spacial score (nSPS) is 11.5. The number of hydrogen-bond acceptors (Lipinski definition) is 4. The van der Waals surface area contributed by atoms with Crippen LogP contribution in [0.5, 0.6) is 0 Å². The van der Waals surface area contributed by atoms with Crippen LogP contribution in [0.4, 0.5) is 0 Å². The molecular weight excluding hydrogens is 252 g/mol. The molecule has 0 unspecified atom stereocenters. The minimum absolute atomic E-state index is 0.320. The highest BCUT2D eigenvalue weighted by molar-refractivity contribution is 7.98. The van der Waals surface area contributed by atoms with E-state index in [2.05, 4.69) is 19.6 Å². The lowest BCUT2D eigenvalue weighted by atomic mass is 10.3. The van der Waals surface area contributed by atoms with Gasteiger partial charge in [0.1, 0.15) is 11.3 Å². The van der Waals surface area contributed by atoms with Crippen molar-refractivity contribution in [3.63, 3.8) is 0 Å². The number of carbonyl (C=O) groups excluding carboxylic acids is 1. The lowest BCUT2D eigenvalue weighted by Crippen LogP contribution is -2.19. The summed E-state index contributed by atoms with van der Waals surface area (Å²) in [5.41, 5.74) is 0.549. The first-order valence-corrected chi connectivity index (χ1v) is 10.5. The van der Waals surface area contributed by atoms with Crippen molar-refractivity contribution in [2.24, 2.45) is 0 Å². The lowest BCUT2D eigenvalue weighted by molar-refractivity contribution is 0.0598. The van der Waals surface area contributed by atoms with Gasteiger partial charge in [0, 0.05) is 8.07 Å². The van der Waals surface area contributed by atoms with Crippen LogP contribution >= 0.6 is 11.8 Å². The number of thioether (sulfide) groups is 1. The van der Waals surface area contributed by atoms with E-state index in [9.17, 15) is 4.79 Å². The van der Waals surface area contributed by atoms with Crippen LogP contribution in [-0.2, 0) is 10.5 Å². The van der Waals surface area contributed by atoms with Gasteiger partial charge in [-0.2, -0.15) is 11.8 Å². The Bertz CT molecular complexity index is 368. The molecule has 0 radical (unpaired) electrons. The van der Waals surface area contributed by atoms with Gasteiger partial charge < -0.3 is 9.15 Å². The Kier molecular flexibility index (Phi) is 5.33. The third kappa shape index (κ3) is 5.00. The third-order valence-corrected chi connectivity index (χ3v) is 5.45. The van der Waals surface area contributed by atoms with E-state index >= 15 is 0 Å². The molecule has 0 aliphatic heterocycles. The molecule has 1 aromatic heterocycles. The first kappa shape index (κ1) is 14.4. The standard InChI is InChI=1S/C12H20O3SSi/c1-14-12(13)10-5-6-15-11(10)9-16-7-8-17(2,3)4/h5-6H,7-9H2,1-4H3. The van der Waals surface area contributed by atoms with E-state index in [1.54, 1.807) is 12.3 Å². The van der Waals surface area contributed by atoms with Crippen LogP contribution in [0.3, 0.4) is 0 Å². The van der Waals surface area contributed by atoms with E-state index < -0.39 is 8.07 Å². The Morgan fingerprint density at radius 2 is 2.18 bits per heavy atom. The van der Waals surface area contributed by atoms with Gasteiger partial charge in [0.25, 0.3) is 0 Å². The number of methoxy groups -OCH3 is 1. The molecule has 0 aliphatic rings. The maximum absolute atomic E-state index is 11.4. The van der Waals surface area contributed by atoms with E-state index in [-0.39, 0.29) is 5.97 Å². The van der Waals surface area contributed by atoms with Crippen molar-refractivity contribution < 1.29 is 13.9 Å². The summed E-state index contributed by atoms with van der Waals surface area (Å²) < 4.78 is 10.0. The van der Waals surface area contributed by atoms with E-state index in [0.717, 1.165) is 17.3 Å². The number of carbonyl (C=O) groups is 1. The first-order valence-electron chi connectivity index (χ1n) is 5.66. The molecule has 96 valence electrons. The van der Waals surface area contributed by atoms with Gasteiger partial charge in [0.2, 0.25) is 0 Å². The molecule has 0 saturated heterocycles. The fourth-order valence-electron chi connectivity index (χ4n) is 1.29. The summed E-state index contributed by atoms with van der Waals surface area (Å²) in [4.78, 5) is 11.4. The van der Waals surface area contributed by atoms with Crippen molar-refractivity contribution in [1.82, 2.24) is 0 Å². The second-order valence-electron chi connectivity index (χ2n) is 5.11. The summed E-state index contributed by atoms with van der Waals surface area (Å²) in [5, 5.41) is 0. The van der Waals surface area contributed by atoms with Gasteiger partial charge in [-0.05, 0) is 17.9 Å². The van der Waals surface area contributed by atoms with Crippen molar-refractivity contribution >= 4 is 25.8 Å². The first-order chi connectivity index (χ1) is 7.94. The minimum atomic E-state index is -0.965. The highest BCUT2D eigenvalue weighted by Crippen LogP contribution is 2.21. The average Bonchev–Trinajstić information content (AvgIpc) is 2.70. The van der Waals surface area contributed by atoms with Gasteiger partial charge in [-0.3, -0.25) is 0 Å². The Morgan fingerprint density at radius 1 is 1.47 bits per heavy atom. The number of hydrogen-bond donors (Lipinski definition) is 0. The fraction of sp³-hybridized carbons (Fsp3) is 0.583. The largest absolute Gasteiger partial charge is 0.468 e. The maximum atomic E-state index is 11.4. The molecule has 17 heavy (non-hydrogen) atoms. The molecule has 0 atom stereocenters. The second-order valence-corrected chi connectivity index (χ2v) is 11.8. The zero-order valence-electron chi connectivity index (χ0n) is 10.9. The number of ether oxygens (including phenoxy) is 1. The third-order valence-electron chi connectivity index (χ3n) is 2.38. The lowest BCUT2D eigenvalue weighted by Gasteiger charge is -2.14. The van der Waals surface area contributed by atoms with Gasteiger partial charge >= 0.3 is 5.97 Å². The zero-order valence-corrected chi connectivity index (χ0v) is 12.7. The van der Waals surface area contributed by atoms with Gasteiger partial charge in [-0.15, -0.1) is 0 Å². The second kappa shape index (κ2) is 6.30. The predicted molar refractivity (Wildman–Crippen MR) is 74.4 cm³/mol. The SMILES string of the molecule is COC(=O)c1ccoc1CSCC[Si](C)(C)C. The van der Waals surface area contributed by atoms with Crippen molar-refractivity contribution in [3.8, 4) is 0 Å². The van der Waals surface area contributed by atoms with E-state index in [4.69, 9.17) is 9.15 Å². The van der Waals surface area contributed by atoms with Crippen LogP contribution in [0.1, 0.15) is 16.1 Å². The van der Waals surface area contributed by atoms with Crippen molar-refractivity contribution in [1.29, 1.82) is 0 Å². The molecule has 1 heterocycles. The number of furan rings is 1. The van der Waals surface area contributed by atoms with Crippen LogP contribution in [0, 0.1) is 0 Å². The minimum Gasteiger partial charge on any atom is -0.468 e. The molecule has 0 fully saturated rings. The molecule has 0 amide bonds. The molecule has 0 spiro atoms. The summed E-state index contributed by atoms with van der Waals surface area (Å²) in [6.45, 7) is 7.08. The molecule has 0 N–H and O–H groups in total. The van der Waals surface area contributed by atoms with Crippen molar-refractivity contribution in [3.05, 3.63) is 23.7 Å². The van der Waals surface area contributed by atoms with Gasteiger partial charge in [0.05, 0.1) is 19.1 Å². The molecule has 0 saturated carbocycles. The highest BCUT2D eigenvalue weighted by atomic mass is 32.2. The summed E-state index contributed by atoms with van der Waals surface area (Å²) in [6.07, 6.45) is 1.54. The van der Waals surface area contributed by atoms with Crippen LogP contribution in [-0.4, -0.2) is 26.9 Å². The number of rotatable bonds is 6. The molecule has 0 bridgehead atoms. The quantitative estimate of drug-likeness (QED) is 0.450. The predicted octanol–water partition coefficient (Wildman–Crippen LogP) is 3.64. The molecule has 0 aromatic carbocycles.